The Morgan fingerprint density at radius 1 is 1.70 bits per heavy atom. The maximum absolute atomic E-state index is 10.5. The predicted molar refractivity (Wildman–Crippen MR) is 37.5 cm³/mol. The minimum absolute atomic E-state index is 0.286. The van der Waals surface area contributed by atoms with Crippen molar-refractivity contribution in [1.82, 2.24) is 0 Å². The average Bonchev–Trinajstić information content (AvgIpc) is 1.88. The van der Waals surface area contributed by atoms with Crippen LogP contribution in [0.4, 0.5) is 0 Å². The summed E-state index contributed by atoms with van der Waals surface area (Å²) < 4.78 is 0. The predicted octanol–water partition coefficient (Wildman–Crippen LogP) is 0.364. The van der Waals surface area contributed by atoms with Gasteiger partial charge in [-0.15, -0.1) is 0 Å². The number of nitrogens with two attached hydrogens (primary N) is 1. The van der Waals surface area contributed by atoms with Gasteiger partial charge in [-0.3, -0.25) is 4.79 Å². The summed E-state index contributed by atoms with van der Waals surface area (Å²) in [6.07, 6.45) is 5.21. The van der Waals surface area contributed by atoms with E-state index in [4.69, 9.17) is 10.8 Å². The van der Waals surface area contributed by atoms with E-state index < -0.39 is 5.97 Å². The molecule has 0 heterocycles. The van der Waals surface area contributed by atoms with E-state index in [1.165, 1.54) is 0 Å². The van der Waals surface area contributed by atoms with Gasteiger partial charge in [0, 0.05) is 6.04 Å². The van der Waals surface area contributed by atoms with Crippen LogP contribution in [0.1, 0.15) is 12.8 Å². The number of hydrogen-bond acceptors (Lipinski definition) is 2. The fourth-order valence-electron chi connectivity index (χ4n) is 1.14. The van der Waals surface area contributed by atoms with Crippen molar-refractivity contribution in [2.45, 2.75) is 18.9 Å². The van der Waals surface area contributed by atoms with E-state index in [-0.39, 0.29) is 12.0 Å². The summed E-state index contributed by atoms with van der Waals surface area (Å²) in [5.74, 6) is -1.15. The first-order chi connectivity index (χ1) is 4.72. The summed E-state index contributed by atoms with van der Waals surface area (Å²) in [5, 5.41) is 8.59. The first-order valence-electron chi connectivity index (χ1n) is 3.37. The fraction of sp³-hybridized carbons (Fsp3) is 0.571. The van der Waals surface area contributed by atoms with Crippen molar-refractivity contribution in [3.05, 3.63) is 12.2 Å². The van der Waals surface area contributed by atoms with Gasteiger partial charge < -0.3 is 10.8 Å². The highest BCUT2D eigenvalue weighted by Gasteiger charge is 2.24. The Labute approximate surface area is 59.5 Å². The standard InChI is InChI=1S/C7H11NO2/c8-6-4-2-1-3-5(6)7(9)10/h2,4-6H,1,3,8H2,(H,9,10)/t5-,6-/m0/s1. The molecule has 0 aromatic rings. The number of carboxylic acid groups (broad SMARTS) is 1. The van der Waals surface area contributed by atoms with Crippen molar-refractivity contribution in [1.29, 1.82) is 0 Å². The molecule has 1 aliphatic rings. The van der Waals surface area contributed by atoms with Crippen molar-refractivity contribution in [3.63, 3.8) is 0 Å². The van der Waals surface area contributed by atoms with E-state index in [9.17, 15) is 4.79 Å². The van der Waals surface area contributed by atoms with Crippen LogP contribution in [0.25, 0.3) is 0 Å². The van der Waals surface area contributed by atoms with Gasteiger partial charge in [-0.25, -0.2) is 0 Å². The molecule has 0 aliphatic heterocycles. The zero-order chi connectivity index (χ0) is 7.56. The van der Waals surface area contributed by atoms with Gasteiger partial charge in [-0.05, 0) is 12.8 Å². The summed E-state index contributed by atoms with van der Waals surface area (Å²) in [6, 6.07) is -0.286. The second kappa shape index (κ2) is 2.84. The fourth-order valence-corrected chi connectivity index (χ4v) is 1.14. The molecule has 0 aromatic carbocycles. The molecule has 0 aromatic heterocycles. The molecule has 0 radical (unpaired) electrons. The highest BCUT2D eigenvalue weighted by Crippen LogP contribution is 2.16. The SMILES string of the molecule is N[C@H]1C=CCC[C@@H]1C(=O)O. The van der Waals surface area contributed by atoms with E-state index in [2.05, 4.69) is 0 Å². The molecule has 0 spiro atoms. The number of carboxylic acids is 1. The lowest BCUT2D eigenvalue weighted by Crippen LogP contribution is -2.35. The quantitative estimate of drug-likeness (QED) is 0.518. The first-order valence-corrected chi connectivity index (χ1v) is 3.37. The third-order valence-corrected chi connectivity index (χ3v) is 1.78. The van der Waals surface area contributed by atoms with Crippen molar-refractivity contribution in [3.8, 4) is 0 Å². The van der Waals surface area contributed by atoms with Crippen LogP contribution in [0.2, 0.25) is 0 Å². The van der Waals surface area contributed by atoms with Gasteiger partial charge in [0.15, 0.2) is 0 Å². The summed E-state index contributed by atoms with van der Waals surface area (Å²) in [4.78, 5) is 10.5. The van der Waals surface area contributed by atoms with E-state index in [0.29, 0.717) is 6.42 Å². The Balaban J connectivity index is 2.60. The monoisotopic (exact) mass is 141 g/mol. The smallest absolute Gasteiger partial charge is 0.308 e. The van der Waals surface area contributed by atoms with Gasteiger partial charge in [0.25, 0.3) is 0 Å². The molecule has 0 unspecified atom stereocenters. The van der Waals surface area contributed by atoms with E-state index in [1.54, 1.807) is 6.08 Å². The van der Waals surface area contributed by atoms with Gasteiger partial charge >= 0.3 is 5.97 Å². The molecule has 0 fully saturated rings. The molecule has 2 atom stereocenters. The van der Waals surface area contributed by atoms with Crippen LogP contribution in [-0.2, 0) is 4.79 Å². The lowest BCUT2D eigenvalue weighted by atomic mass is 9.90. The average molecular weight is 141 g/mol. The molecule has 3 N–H and O–H groups in total. The van der Waals surface area contributed by atoms with Gasteiger partial charge in [0.2, 0.25) is 0 Å². The van der Waals surface area contributed by atoms with E-state index in [0.717, 1.165) is 6.42 Å². The number of allylic oxidation sites excluding steroid dienone is 1. The normalized spacial score (nSPS) is 32.1. The summed E-state index contributed by atoms with van der Waals surface area (Å²) in [6.45, 7) is 0. The van der Waals surface area contributed by atoms with Crippen molar-refractivity contribution in [2.24, 2.45) is 11.7 Å². The van der Waals surface area contributed by atoms with Crippen LogP contribution in [0, 0.1) is 5.92 Å². The molecule has 0 amide bonds. The minimum Gasteiger partial charge on any atom is -0.481 e. The van der Waals surface area contributed by atoms with Crippen LogP contribution < -0.4 is 5.73 Å². The zero-order valence-corrected chi connectivity index (χ0v) is 5.66. The Morgan fingerprint density at radius 2 is 2.40 bits per heavy atom. The zero-order valence-electron chi connectivity index (χ0n) is 5.66. The summed E-state index contributed by atoms with van der Waals surface area (Å²) in [5.41, 5.74) is 5.51. The molecule has 0 bridgehead atoms. The van der Waals surface area contributed by atoms with Crippen molar-refractivity contribution < 1.29 is 9.90 Å². The highest BCUT2D eigenvalue weighted by atomic mass is 16.4. The number of aliphatic carboxylic acids is 1. The Hall–Kier alpha value is -0.830. The third-order valence-electron chi connectivity index (χ3n) is 1.78. The lowest BCUT2D eigenvalue weighted by molar-refractivity contribution is -0.142. The molecule has 1 rings (SSSR count). The van der Waals surface area contributed by atoms with Crippen LogP contribution in [0.15, 0.2) is 12.2 Å². The first kappa shape index (κ1) is 7.28. The van der Waals surface area contributed by atoms with Crippen molar-refractivity contribution in [2.75, 3.05) is 0 Å². The molecule has 0 saturated carbocycles. The second-order valence-corrected chi connectivity index (χ2v) is 2.53. The molecule has 56 valence electrons. The van der Waals surface area contributed by atoms with Gasteiger partial charge in [0.05, 0.1) is 5.92 Å². The second-order valence-electron chi connectivity index (χ2n) is 2.53. The Kier molecular flexibility index (Phi) is 2.06. The maximum Gasteiger partial charge on any atom is 0.308 e. The number of rotatable bonds is 1. The van der Waals surface area contributed by atoms with Gasteiger partial charge in [-0.1, -0.05) is 12.2 Å². The molecule has 3 nitrogen and oxygen atoms in total. The Morgan fingerprint density at radius 3 is 2.80 bits per heavy atom. The van der Waals surface area contributed by atoms with Crippen LogP contribution in [0.3, 0.4) is 0 Å². The minimum atomic E-state index is -0.781. The summed E-state index contributed by atoms with van der Waals surface area (Å²) in [7, 11) is 0. The molecule has 1 aliphatic carbocycles. The molecular weight excluding hydrogens is 130 g/mol. The van der Waals surface area contributed by atoms with Crippen LogP contribution >= 0.6 is 0 Å². The topological polar surface area (TPSA) is 63.3 Å². The Bertz CT molecular complexity index is 165. The maximum atomic E-state index is 10.5. The van der Waals surface area contributed by atoms with Gasteiger partial charge in [0.1, 0.15) is 0 Å². The molecule has 0 saturated heterocycles. The van der Waals surface area contributed by atoms with E-state index >= 15 is 0 Å². The number of hydrogen-bond donors (Lipinski definition) is 2. The third kappa shape index (κ3) is 1.36. The number of carbonyl (C=O) groups is 1. The largest absolute Gasteiger partial charge is 0.481 e. The molecule has 10 heavy (non-hydrogen) atoms. The van der Waals surface area contributed by atoms with Gasteiger partial charge in [-0.2, -0.15) is 0 Å². The highest BCUT2D eigenvalue weighted by molar-refractivity contribution is 5.71. The van der Waals surface area contributed by atoms with Crippen molar-refractivity contribution >= 4 is 5.97 Å². The molecule has 3 heteroatoms. The lowest BCUT2D eigenvalue weighted by Gasteiger charge is -2.19. The van der Waals surface area contributed by atoms with Crippen LogP contribution in [0.5, 0.6) is 0 Å². The van der Waals surface area contributed by atoms with Crippen LogP contribution in [-0.4, -0.2) is 17.1 Å². The molecular formula is C7H11NO2. The van der Waals surface area contributed by atoms with E-state index in [1.807, 2.05) is 6.08 Å². The summed E-state index contributed by atoms with van der Waals surface area (Å²) >= 11 is 0.